The van der Waals surface area contributed by atoms with Crippen molar-refractivity contribution in [1.82, 2.24) is 0 Å². The lowest BCUT2D eigenvalue weighted by atomic mass is 10.1. The van der Waals surface area contributed by atoms with Crippen LogP contribution in [0.25, 0.3) is 0 Å². The fraction of sp³-hybridized carbons (Fsp3) is 0.571. The fourth-order valence-corrected chi connectivity index (χ4v) is 2.21. The molecule has 100 valence electrons. The predicted molar refractivity (Wildman–Crippen MR) is 76.2 cm³/mol. The third-order valence-electron chi connectivity index (χ3n) is 3.33. The summed E-state index contributed by atoms with van der Waals surface area (Å²) in [4.78, 5) is 2.15. The molecule has 0 aliphatic heterocycles. The average molecular weight is 269 g/mol. The predicted octanol–water partition coefficient (Wildman–Crippen LogP) is 2.66. The smallest absolute Gasteiger partial charge is 0.0641 e. The molecule has 0 amide bonds. The maximum atomic E-state index is 6.15. The van der Waals surface area contributed by atoms with E-state index in [0.29, 0.717) is 6.54 Å². The average Bonchev–Trinajstić information content (AvgIpc) is 3.18. The zero-order chi connectivity index (χ0) is 13.0. The van der Waals surface area contributed by atoms with Gasteiger partial charge in [-0.15, -0.1) is 0 Å². The molecular weight excluding hydrogens is 248 g/mol. The summed E-state index contributed by atoms with van der Waals surface area (Å²) in [5.41, 5.74) is 7.85. The lowest BCUT2D eigenvalue weighted by Gasteiger charge is -2.22. The van der Waals surface area contributed by atoms with Crippen molar-refractivity contribution in [2.24, 2.45) is 11.7 Å². The zero-order valence-electron chi connectivity index (χ0n) is 10.9. The van der Waals surface area contributed by atoms with Gasteiger partial charge < -0.3 is 15.4 Å². The molecule has 0 aromatic heterocycles. The molecule has 18 heavy (non-hydrogen) atoms. The van der Waals surface area contributed by atoms with Gasteiger partial charge in [0, 0.05) is 43.0 Å². The first-order valence-electron chi connectivity index (χ1n) is 6.48. The third-order valence-corrected chi connectivity index (χ3v) is 3.69. The van der Waals surface area contributed by atoms with Crippen LogP contribution in [0, 0.1) is 5.92 Å². The van der Waals surface area contributed by atoms with Gasteiger partial charge in [-0.3, -0.25) is 0 Å². The van der Waals surface area contributed by atoms with Gasteiger partial charge in [0.25, 0.3) is 0 Å². The molecule has 1 fully saturated rings. The van der Waals surface area contributed by atoms with E-state index in [9.17, 15) is 0 Å². The largest absolute Gasteiger partial charge is 0.379 e. The van der Waals surface area contributed by atoms with E-state index in [1.165, 1.54) is 12.8 Å². The molecule has 0 radical (unpaired) electrons. The van der Waals surface area contributed by atoms with E-state index >= 15 is 0 Å². The van der Waals surface area contributed by atoms with Crippen molar-refractivity contribution in [3.05, 3.63) is 28.8 Å². The summed E-state index contributed by atoms with van der Waals surface area (Å²) in [7, 11) is 2.05. The van der Waals surface area contributed by atoms with Gasteiger partial charge in [0.2, 0.25) is 0 Å². The Hall–Kier alpha value is -0.770. The van der Waals surface area contributed by atoms with E-state index in [-0.39, 0.29) is 0 Å². The Morgan fingerprint density at radius 2 is 2.22 bits per heavy atom. The van der Waals surface area contributed by atoms with E-state index < -0.39 is 0 Å². The quantitative estimate of drug-likeness (QED) is 0.773. The zero-order valence-corrected chi connectivity index (χ0v) is 11.6. The van der Waals surface area contributed by atoms with E-state index in [1.807, 2.05) is 19.2 Å². The highest BCUT2D eigenvalue weighted by Crippen LogP contribution is 2.29. The summed E-state index contributed by atoms with van der Waals surface area (Å²) in [6.45, 7) is 2.99. The Morgan fingerprint density at radius 1 is 1.44 bits per heavy atom. The van der Waals surface area contributed by atoms with Gasteiger partial charge in [0.1, 0.15) is 0 Å². The van der Waals surface area contributed by atoms with Crippen LogP contribution < -0.4 is 10.6 Å². The molecule has 0 atom stereocenters. The molecule has 4 heteroatoms. The van der Waals surface area contributed by atoms with Gasteiger partial charge in [0.05, 0.1) is 6.61 Å². The van der Waals surface area contributed by atoms with Crippen molar-refractivity contribution in [1.29, 1.82) is 0 Å². The molecule has 1 aliphatic carbocycles. The standard InChI is InChI=1S/C14H21ClN2O/c1-17(7-8-18-10-11-5-6-11)14-4-2-3-13(15)12(14)9-16/h2-4,11H,5-10,16H2,1H3. The fourth-order valence-electron chi connectivity index (χ4n) is 1.96. The van der Waals surface area contributed by atoms with Gasteiger partial charge in [-0.2, -0.15) is 0 Å². The highest BCUT2D eigenvalue weighted by molar-refractivity contribution is 6.31. The number of likely N-dealkylation sites (N-methyl/N-ethyl adjacent to an activating group) is 1. The molecule has 0 saturated heterocycles. The van der Waals surface area contributed by atoms with Crippen molar-refractivity contribution in [2.75, 3.05) is 31.7 Å². The molecule has 3 nitrogen and oxygen atoms in total. The maximum Gasteiger partial charge on any atom is 0.0641 e. The molecular formula is C14H21ClN2O. The monoisotopic (exact) mass is 268 g/mol. The highest BCUT2D eigenvalue weighted by atomic mass is 35.5. The Labute approximate surface area is 114 Å². The van der Waals surface area contributed by atoms with Gasteiger partial charge in [-0.25, -0.2) is 0 Å². The van der Waals surface area contributed by atoms with Crippen LogP contribution in [-0.2, 0) is 11.3 Å². The van der Waals surface area contributed by atoms with Crippen molar-refractivity contribution >= 4 is 17.3 Å². The number of benzene rings is 1. The van der Waals surface area contributed by atoms with E-state index in [4.69, 9.17) is 22.1 Å². The van der Waals surface area contributed by atoms with Gasteiger partial charge >= 0.3 is 0 Å². The molecule has 1 aromatic carbocycles. The van der Waals surface area contributed by atoms with E-state index in [2.05, 4.69) is 11.0 Å². The molecule has 2 rings (SSSR count). The van der Waals surface area contributed by atoms with Crippen LogP contribution >= 0.6 is 11.6 Å². The summed E-state index contributed by atoms with van der Waals surface area (Å²) in [6, 6.07) is 5.89. The van der Waals surface area contributed by atoms with Crippen LogP contribution in [0.2, 0.25) is 5.02 Å². The number of anilines is 1. The lowest BCUT2D eigenvalue weighted by Crippen LogP contribution is -2.24. The first-order chi connectivity index (χ1) is 8.72. The SMILES string of the molecule is CN(CCOCC1CC1)c1cccc(Cl)c1CN. The number of ether oxygens (including phenoxy) is 1. The second kappa shape index (κ2) is 6.41. The summed E-state index contributed by atoms with van der Waals surface area (Å²) >= 11 is 6.15. The van der Waals surface area contributed by atoms with Crippen molar-refractivity contribution in [3.8, 4) is 0 Å². The molecule has 1 aliphatic rings. The topological polar surface area (TPSA) is 38.5 Å². The third kappa shape index (κ3) is 3.61. The first-order valence-corrected chi connectivity index (χ1v) is 6.86. The summed E-state index contributed by atoms with van der Waals surface area (Å²) in [5.74, 6) is 0.820. The van der Waals surface area contributed by atoms with Crippen molar-refractivity contribution < 1.29 is 4.74 Å². The number of nitrogens with two attached hydrogens (primary N) is 1. The maximum absolute atomic E-state index is 6.15. The summed E-state index contributed by atoms with van der Waals surface area (Å²) < 4.78 is 5.65. The number of hydrogen-bond donors (Lipinski definition) is 1. The van der Waals surface area contributed by atoms with Crippen LogP contribution in [0.5, 0.6) is 0 Å². The number of rotatable bonds is 7. The molecule has 1 saturated carbocycles. The first kappa shape index (κ1) is 13.7. The van der Waals surface area contributed by atoms with Crippen LogP contribution in [-0.4, -0.2) is 26.8 Å². The van der Waals surface area contributed by atoms with Gasteiger partial charge in [0.15, 0.2) is 0 Å². The van der Waals surface area contributed by atoms with E-state index in [0.717, 1.165) is 41.9 Å². The molecule has 2 N–H and O–H groups in total. The minimum absolute atomic E-state index is 0.461. The second-order valence-electron chi connectivity index (χ2n) is 4.88. The van der Waals surface area contributed by atoms with Gasteiger partial charge in [-0.1, -0.05) is 17.7 Å². The Balaban J connectivity index is 1.86. The summed E-state index contributed by atoms with van der Waals surface area (Å²) in [5, 5.41) is 0.737. The molecule has 0 heterocycles. The minimum atomic E-state index is 0.461. The van der Waals surface area contributed by atoms with Crippen LogP contribution in [0.1, 0.15) is 18.4 Å². The van der Waals surface area contributed by atoms with Crippen LogP contribution in [0.3, 0.4) is 0 Å². The number of hydrogen-bond acceptors (Lipinski definition) is 3. The van der Waals surface area contributed by atoms with Crippen molar-refractivity contribution in [2.45, 2.75) is 19.4 Å². The Kier molecular flexibility index (Phi) is 4.87. The Bertz CT molecular complexity index is 393. The molecule has 0 unspecified atom stereocenters. The second-order valence-corrected chi connectivity index (χ2v) is 5.29. The number of nitrogens with zero attached hydrogens (tertiary/aromatic N) is 1. The molecule has 0 spiro atoms. The van der Waals surface area contributed by atoms with Crippen LogP contribution in [0.4, 0.5) is 5.69 Å². The summed E-state index contributed by atoms with van der Waals surface area (Å²) in [6.07, 6.45) is 2.67. The molecule has 1 aromatic rings. The van der Waals surface area contributed by atoms with Gasteiger partial charge in [-0.05, 0) is 30.9 Å². The normalized spacial score (nSPS) is 14.8. The highest BCUT2D eigenvalue weighted by Gasteiger charge is 2.21. The number of halogens is 1. The van der Waals surface area contributed by atoms with Crippen molar-refractivity contribution in [3.63, 3.8) is 0 Å². The van der Waals surface area contributed by atoms with Crippen LogP contribution in [0.15, 0.2) is 18.2 Å². The molecule has 0 bridgehead atoms. The van der Waals surface area contributed by atoms with E-state index in [1.54, 1.807) is 0 Å². The minimum Gasteiger partial charge on any atom is -0.379 e. The Morgan fingerprint density at radius 3 is 2.89 bits per heavy atom. The lowest BCUT2D eigenvalue weighted by molar-refractivity contribution is 0.131.